The first-order valence-corrected chi connectivity index (χ1v) is 8.17. The molecule has 25 heavy (non-hydrogen) atoms. The molecule has 2 aromatic carbocycles. The van der Waals surface area contributed by atoms with Gasteiger partial charge in [0.05, 0.1) is 6.61 Å². The van der Waals surface area contributed by atoms with Gasteiger partial charge in [-0.15, -0.1) is 0 Å². The van der Waals surface area contributed by atoms with E-state index in [9.17, 15) is 9.59 Å². The molecule has 0 unspecified atom stereocenters. The first-order chi connectivity index (χ1) is 12.2. The van der Waals surface area contributed by atoms with Crippen molar-refractivity contribution in [3.05, 3.63) is 89.6 Å². The molecular weight excluding hydrogens is 314 g/mol. The van der Waals surface area contributed by atoms with Crippen molar-refractivity contribution in [1.82, 2.24) is 5.32 Å². The summed E-state index contributed by atoms with van der Waals surface area (Å²) in [4.78, 5) is 24.5. The van der Waals surface area contributed by atoms with Crippen molar-refractivity contribution in [1.29, 1.82) is 0 Å². The highest BCUT2D eigenvalue weighted by Crippen LogP contribution is 2.05. The Hall–Kier alpha value is -3.14. The van der Waals surface area contributed by atoms with E-state index in [0.29, 0.717) is 18.6 Å². The minimum Gasteiger partial charge on any atom is -0.461 e. The molecule has 0 aliphatic heterocycles. The van der Waals surface area contributed by atoms with Gasteiger partial charge in [0, 0.05) is 5.56 Å². The summed E-state index contributed by atoms with van der Waals surface area (Å²) in [6.45, 7) is 2.22. The zero-order valence-corrected chi connectivity index (χ0v) is 14.1. The van der Waals surface area contributed by atoms with Gasteiger partial charge < -0.3 is 10.1 Å². The summed E-state index contributed by atoms with van der Waals surface area (Å²) >= 11 is 0. The molecule has 0 saturated carbocycles. The summed E-state index contributed by atoms with van der Waals surface area (Å²) < 4.78 is 5.14. The summed E-state index contributed by atoms with van der Waals surface area (Å²) in [5.41, 5.74) is 1.58. The minimum absolute atomic E-state index is 0.106. The predicted octanol–water partition coefficient (Wildman–Crippen LogP) is 3.97. The third-order valence-electron chi connectivity index (χ3n) is 3.29. The summed E-state index contributed by atoms with van der Waals surface area (Å²) in [5, 5.41) is 2.62. The molecule has 1 N–H and O–H groups in total. The van der Waals surface area contributed by atoms with Crippen molar-refractivity contribution in [2.75, 3.05) is 6.61 Å². The molecule has 1 amide bonds. The highest BCUT2D eigenvalue weighted by molar-refractivity contribution is 6.01. The molecule has 2 aromatic rings. The fourth-order valence-corrected chi connectivity index (χ4v) is 2.04. The third kappa shape index (κ3) is 6.11. The zero-order valence-electron chi connectivity index (χ0n) is 14.1. The van der Waals surface area contributed by atoms with Crippen LogP contribution < -0.4 is 5.32 Å². The molecule has 0 atom stereocenters. The summed E-state index contributed by atoms with van der Waals surface area (Å²) in [7, 11) is 0. The second kappa shape index (κ2) is 9.88. The second-order valence-electron chi connectivity index (χ2n) is 5.31. The number of carbonyl (C=O) groups is 2. The van der Waals surface area contributed by atoms with Gasteiger partial charge in [0.15, 0.2) is 0 Å². The van der Waals surface area contributed by atoms with E-state index in [4.69, 9.17) is 4.74 Å². The van der Waals surface area contributed by atoms with Crippen LogP contribution in [0.1, 0.15) is 29.3 Å². The van der Waals surface area contributed by atoms with Gasteiger partial charge in [0.2, 0.25) is 0 Å². The average molecular weight is 335 g/mol. The Kier molecular flexibility index (Phi) is 7.19. The van der Waals surface area contributed by atoms with Crippen LogP contribution in [0.4, 0.5) is 0 Å². The van der Waals surface area contributed by atoms with Gasteiger partial charge in [0.1, 0.15) is 5.70 Å². The zero-order chi connectivity index (χ0) is 17.9. The molecule has 0 bridgehead atoms. The number of hydrogen-bond acceptors (Lipinski definition) is 3. The maximum Gasteiger partial charge on any atom is 0.354 e. The number of esters is 1. The van der Waals surface area contributed by atoms with Crippen molar-refractivity contribution in [2.24, 2.45) is 0 Å². The predicted molar refractivity (Wildman–Crippen MR) is 98.7 cm³/mol. The van der Waals surface area contributed by atoms with E-state index in [0.717, 1.165) is 5.56 Å². The number of allylic oxidation sites excluding steroid dienone is 2. The number of rotatable bonds is 7. The normalized spacial score (nSPS) is 11.3. The van der Waals surface area contributed by atoms with Crippen molar-refractivity contribution in [3.8, 4) is 0 Å². The quantitative estimate of drug-likeness (QED) is 0.473. The fraction of sp³-hybridized carbons (Fsp3) is 0.143. The van der Waals surface area contributed by atoms with Crippen molar-refractivity contribution >= 4 is 18.0 Å². The summed E-state index contributed by atoms with van der Waals surface area (Å²) in [6.07, 6.45) is 5.82. The van der Waals surface area contributed by atoms with Crippen LogP contribution in [-0.2, 0) is 9.53 Å². The van der Waals surface area contributed by atoms with Crippen LogP contribution in [-0.4, -0.2) is 18.5 Å². The first kappa shape index (κ1) is 18.2. The van der Waals surface area contributed by atoms with Gasteiger partial charge in [0.25, 0.3) is 5.91 Å². The molecule has 2 rings (SSSR count). The Bertz CT molecular complexity index is 749. The van der Waals surface area contributed by atoms with Crippen molar-refractivity contribution in [2.45, 2.75) is 13.3 Å². The van der Waals surface area contributed by atoms with Crippen LogP contribution in [0.25, 0.3) is 6.08 Å². The van der Waals surface area contributed by atoms with Crippen LogP contribution in [0.5, 0.6) is 0 Å². The van der Waals surface area contributed by atoms with E-state index in [-0.39, 0.29) is 11.6 Å². The highest BCUT2D eigenvalue weighted by atomic mass is 16.5. The maximum atomic E-state index is 12.3. The van der Waals surface area contributed by atoms with Gasteiger partial charge in [-0.3, -0.25) is 4.79 Å². The van der Waals surface area contributed by atoms with Gasteiger partial charge in [-0.1, -0.05) is 67.6 Å². The highest BCUT2D eigenvalue weighted by Gasteiger charge is 2.14. The van der Waals surface area contributed by atoms with Gasteiger partial charge >= 0.3 is 5.97 Å². The Morgan fingerprint density at radius 3 is 2.28 bits per heavy atom. The van der Waals surface area contributed by atoms with Crippen LogP contribution in [0.2, 0.25) is 0 Å². The molecule has 0 aliphatic rings. The fourth-order valence-electron chi connectivity index (χ4n) is 2.04. The molecule has 0 aliphatic carbocycles. The van der Waals surface area contributed by atoms with E-state index >= 15 is 0 Å². The summed E-state index contributed by atoms with van der Waals surface area (Å²) in [5.74, 6) is -0.905. The molecule has 0 spiro atoms. The Balaban J connectivity index is 2.14. The lowest BCUT2D eigenvalue weighted by Crippen LogP contribution is -2.28. The van der Waals surface area contributed by atoms with E-state index in [1.165, 1.54) is 0 Å². The van der Waals surface area contributed by atoms with Crippen molar-refractivity contribution < 1.29 is 14.3 Å². The van der Waals surface area contributed by atoms with E-state index in [2.05, 4.69) is 5.32 Å². The van der Waals surface area contributed by atoms with Gasteiger partial charge in [-0.2, -0.15) is 0 Å². The maximum absolute atomic E-state index is 12.3. The van der Waals surface area contributed by atoms with Gasteiger partial charge in [-0.25, -0.2) is 4.79 Å². The second-order valence-corrected chi connectivity index (χ2v) is 5.31. The molecular formula is C21H21NO3. The van der Waals surface area contributed by atoms with Crippen LogP contribution >= 0.6 is 0 Å². The monoisotopic (exact) mass is 335 g/mol. The van der Waals surface area contributed by atoms with E-state index < -0.39 is 5.97 Å². The molecule has 0 heterocycles. The Morgan fingerprint density at radius 2 is 1.64 bits per heavy atom. The molecule has 0 saturated heterocycles. The molecule has 4 heteroatoms. The van der Waals surface area contributed by atoms with E-state index in [1.54, 1.807) is 36.4 Å². The lowest BCUT2D eigenvalue weighted by atomic mass is 10.2. The SMILES string of the molecule is CCCOC(=O)/C(=C/C=C\c1ccccc1)NC(=O)c1ccccc1. The number of amides is 1. The molecule has 0 radical (unpaired) electrons. The topological polar surface area (TPSA) is 55.4 Å². The largest absolute Gasteiger partial charge is 0.461 e. The minimum atomic E-state index is -0.552. The van der Waals surface area contributed by atoms with Gasteiger partial charge in [-0.05, 0) is 30.2 Å². The first-order valence-electron chi connectivity index (χ1n) is 8.17. The Morgan fingerprint density at radius 1 is 1.00 bits per heavy atom. The number of ether oxygens (including phenoxy) is 1. The van der Waals surface area contributed by atoms with Crippen LogP contribution in [0.3, 0.4) is 0 Å². The molecule has 0 aromatic heterocycles. The lowest BCUT2D eigenvalue weighted by Gasteiger charge is -2.09. The number of benzene rings is 2. The van der Waals surface area contributed by atoms with E-state index in [1.807, 2.05) is 49.4 Å². The molecule has 128 valence electrons. The van der Waals surface area contributed by atoms with Crippen LogP contribution in [0.15, 0.2) is 78.5 Å². The smallest absolute Gasteiger partial charge is 0.354 e. The average Bonchev–Trinajstić information content (AvgIpc) is 2.66. The summed E-state index contributed by atoms with van der Waals surface area (Å²) in [6, 6.07) is 18.4. The number of hydrogen-bond donors (Lipinski definition) is 1. The lowest BCUT2D eigenvalue weighted by molar-refractivity contribution is -0.139. The number of nitrogens with one attached hydrogen (secondary N) is 1. The van der Waals surface area contributed by atoms with Crippen molar-refractivity contribution in [3.63, 3.8) is 0 Å². The number of carbonyl (C=O) groups excluding carboxylic acids is 2. The standard InChI is InChI=1S/C21H21NO3/c1-2-16-25-21(24)19(15-9-12-17-10-5-3-6-11-17)22-20(23)18-13-7-4-8-14-18/h3-15H,2,16H2,1H3,(H,22,23)/b12-9-,19-15-. The molecule has 0 fully saturated rings. The molecule has 4 nitrogen and oxygen atoms in total. The van der Waals surface area contributed by atoms with Crippen LogP contribution in [0, 0.1) is 0 Å². The Labute approximate surface area is 147 Å². The third-order valence-corrected chi connectivity index (χ3v) is 3.29.